The molecular formula is C31H49BrN2. The predicted molar refractivity (Wildman–Crippen MR) is 147 cm³/mol. The van der Waals surface area contributed by atoms with Crippen molar-refractivity contribution in [2.24, 2.45) is 0 Å². The highest BCUT2D eigenvalue weighted by molar-refractivity contribution is 5.70. The summed E-state index contributed by atoms with van der Waals surface area (Å²) < 4.78 is 2.30. The molecule has 0 atom stereocenters. The Bertz CT molecular complexity index is 740. The fourth-order valence-electron chi connectivity index (χ4n) is 4.27. The largest absolute Gasteiger partial charge is 1.00 e. The lowest BCUT2D eigenvalue weighted by molar-refractivity contribution is -0.697. The maximum absolute atomic E-state index is 2.61. The first-order chi connectivity index (χ1) is 16.3. The van der Waals surface area contributed by atoms with E-state index in [4.69, 9.17) is 0 Å². The van der Waals surface area contributed by atoms with Crippen LogP contribution in [0.5, 0.6) is 0 Å². The van der Waals surface area contributed by atoms with Crippen LogP contribution in [0.1, 0.15) is 109 Å². The van der Waals surface area contributed by atoms with E-state index in [2.05, 4.69) is 91.2 Å². The highest BCUT2D eigenvalue weighted by atomic mass is 79.9. The third kappa shape index (κ3) is 12.7. The average Bonchev–Trinajstić information content (AvgIpc) is 2.85. The first-order valence-electron chi connectivity index (χ1n) is 13.8. The van der Waals surface area contributed by atoms with Crippen LogP contribution in [0.15, 0.2) is 48.8 Å². The van der Waals surface area contributed by atoms with Gasteiger partial charge in [-0.1, -0.05) is 96.4 Å². The van der Waals surface area contributed by atoms with Crippen molar-refractivity contribution in [3.8, 4) is 0 Å². The van der Waals surface area contributed by atoms with Gasteiger partial charge in [0, 0.05) is 37.3 Å². The van der Waals surface area contributed by atoms with E-state index in [1.54, 1.807) is 0 Å². The summed E-state index contributed by atoms with van der Waals surface area (Å²) in [5.41, 5.74) is 3.91. The van der Waals surface area contributed by atoms with E-state index >= 15 is 0 Å². The zero-order valence-corrected chi connectivity index (χ0v) is 23.7. The number of nitrogens with zero attached hydrogens (tertiary/aromatic N) is 2. The Morgan fingerprint density at radius 2 is 1.06 bits per heavy atom. The van der Waals surface area contributed by atoms with E-state index in [9.17, 15) is 0 Å². The van der Waals surface area contributed by atoms with Crippen LogP contribution in [0.3, 0.4) is 0 Å². The first-order valence-corrected chi connectivity index (χ1v) is 13.8. The van der Waals surface area contributed by atoms with Crippen molar-refractivity contribution < 1.29 is 21.5 Å². The van der Waals surface area contributed by atoms with Crippen molar-refractivity contribution in [1.29, 1.82) is 0 Å². The second-order valence-corrected chi connectivity index (χ2v) is 9.46. The van der Waals surface area contributed by atoms with Gasteiger partial charge in [0.25, 0.3) is 0 Å². The van der Waals surface area contributed by atoms with Gasteiger partial charge in [0.05, 0.1) is 0 Å². The number of rotatable bonds is 18. The van der Waals surface area contributed by atoms with Crippen LogP contribution in [0, 0.1) is 0 Å². The molecule has 0 unspecified atom stereocenters. The molecule has 0 aliphatic carbocycles. The lowest BCUT2D eigenvalue weighted by Crippen LogP contribution is -3.00. The molecule has 1 aromatic carbocycles. The molecule has 0 radical (unpaired) electrons. The summed E-state index contributed by atoms with van der Waals surface area (Å²) in [6, 6.07) is 13.6. The molecule has 34 heavy (non-hydrogen) atoms. The molecule has 0 amide bonds. The van der Waals surface area contributed by atoms with Crippen molar-refractivity contribution in [3.63, 3.8) is 0 Å². The van der Waals surface area contributed by atoms with Crippen LogP contribution in [-0.4, -0.2) is 13.1 Å². The molecule has 2 aromatic rings. The van der Waals surface area contributed by atoms with Gasteiger partial charge in [0.2, 0.25) is 0 Å². The minimum Gasteiger partial charge on any atom is -1.00 e. The van der Waals surface area contributed by atoms with Gasteiger partial charge in [-0.2, -0.15) is 0 Å². The number of pyridine rings is 1. The van der Waals surface area contributed by atoms with Crippen LogP contribution >= 0.6 is 0 Å². The molecule has 0 aliphatic heterocycles. The van der Waals surface area contributed by atoms with Crippen LogP contribution in [0.2, 0.25) is 0 Å². The second-order valence-electron chi connectivity index (χ2n) is 9.46. The van der Waals surface area contributed by atoms with Gasteiger partial charge >= 0.3 is 0 Å². The summed E-state index contributed by atoms with van der Waals surface area (Å²) in [5.74, 6) is 0. The maximum atomic E-state index is 2.61. The minimum atomic E-state index is 0. The topological polar surface area (TPSA) is 7.12 Å². The van der Waals surface area contributed by atoms with E-state index in [1.165, 1.54) is 107 Å². The number of hydrogen-bond acceptors (Lipinski definition) is 1. The molecule has 0 N–H and O–H groups in total. The van der Waals surface area contributed by atoms with Gasteiger partial charge in [0.1, 0.15) is 6.54 Å². The van der Waals surface area contributed by atoms with Crippen LogP contribution in [-0.2, 0) is 6.54 Å². The molecule has 0 saturated heterocycles. The lowest BCUT2D eigenvalue weighted by Gasteiger charge is -2.25. The number of aromatic nitrogens is 1. The summed E-state index contributed by atoms with van der Waals surface area (Å²) in [5, 5.41) is 0. The van der Waals surface area contributed by atoms with Crippen molar-refractivity contribution in [1.82, 2.24) is 0 Å². The Morgan fingerprint density at radius 3 is 1.56 bits per heavy atom. The molecule has 190 valence electrons. The van der Waals surface area contributed by atoms with Crippen molar-refractivity contribution >= 4 is 17.8 Å². The van der Waals surface area contributed by atoms with E-state index in [0.29, 0.717) is 0 Å². The Kier molecular flexibility index (Phi) is 17.6. The number of halogens is 1. The zero-order valence-electron chi connectivity index (χ0n) is 22.2. The number of unbranched alkanes of at least 4 members (excludes halogenated alkanes) is 9. The number of aryl methyl sites for hydroxylation is 1. The summed E-state index contributed by atoms with van der Waals surface area (Å²) in [6.07, 6.45) is 24.7. The summed E-state index contributed by atoms with van der Waals surface area (Å²) in [4.78, 5) is 2.61. The van der Waals surface area contributed by atoms with E-state index in [-0.39, 0.29) is 17.0 Å². The molecule has 0 saturated carbocycles. The Morgan fingerprint density at radius 1 is 0.588 bits per heavy atom. The van der Waals surface area contributed by atoms with Gasteiger partial charge in [-0.3, -0.25) is 0 Å². The highest BCUT2D eigenvalue weighted by Gasteiger charge is 2.06. The van der Waals surface area contributed by atoms with Crippen LogP contribution in [0.25, 0.3) is 12.2 Å². The van der Waals surface area contributed by atoms with Gasteiger partial charge in [0.15, 0.2) is 12.4 Å². The summed E-state index contributed by atoms with van der Waals surface area (Å²) in [7, 11) is 0. The van der Waals surface area contributed by atoms with E-state index in [0.717, 1.165) is 6.54 Å². The zero-order chi connectivity index (χ0) is 23.6. The third-order valence-electron chi connectivity index (χ3n) is 6.48. The Balaban J connectivity index is 0.00000578. The average molecular weight is 530 g/mol. The molecule has 2 nitrogen and oxygen atoms in total. The van der Waals surface area contributed by atoms with Crippen LogP contribution in [0.4, 0.5) is 5.69 Å². The maximum Gasteiger partial charge on any atom is 0.169 e. The van der Waals surface area contributed by atoms with Gasteiger partial charge in [-0.05, 0) is 42.5 Å². The van der Waals surface area contributed by atoms with E-state index in [1.807, 2.05) is 0 Å². The smallest absolute Gasteiger partial charge is 0.169 e. The Labute approximate surface area is 221 Å². The fraction of sp³-hybridized carbons (Fsp3) is 0.581. The summed E-state index contributed by atoms with van der Waals surface area (Å²) in [6.45, 7) is 10.3. The van der Waals surface area contributed by atoms with E-state index < -0.39 is 0 Å². The molecule has 3 heteroatoms. The quantitative estimate of drug-likeness (QED) is 0.178. The van der Waals surface area contributed by atoms with Crippen LogP contribution < -0.4 is 26.4 Å². The van der Waals surface area contributed by atoms with Gasteiger partial charge in [-0.15, -0.1) is 0 Å². The first kappa shape index (κ1) is 30.4. The third-order valence-corrected chi connectivity index (χ3v) is 6.48. The molecule has 0 bridgehead atoms. The number of benzene rings is 1. The normalized spacial score (nSPS) is 11.0. The minimum absolute atomic E-state index is 0. The predicted octanol–water partition coefficient (Wildman–Crippen LogP) is 5.70. The van der Waals surface area contributed by atoms with Crippen molar-refractivity contribution in [3.05, 3.63) is 59.9 Å². The lowest BCUT2D eigenvalue weighted by atomic mass is 10.1. The molecule has 1 aromatic heterocycles. The fourth-order valence-corrected chi connectivity index (χ4v) is 4.27. The molecular weight excluding hydrogens is 480 g/mol. The second kappa shape index (κ2) is 19.7. The molecule has 0 fully saturated rings. The van der Waals surface area contributed by atoms with Gasteiger partial charge < -0.3 is 21.9 Å². The van der Waals surface area contributed by atoms with Crippen molar-refractivity contribution in [2.45, 2.75) is 104 Å². The SMILES string of the molecule is CCCCCCN(CCCCCC)c1ccc(C=Cc2cc[n+](CCCCCC)cc2)cc1.[Br-]. The molecule has 0 aliphatic rings. The number of hydrogen-bond donors (Lipinski definition) is 0. The highest BCUT2D eigenvalue weighted by Crippen LogP contribution is 2.19. The number of anilines is 1. The monoisotopic (exact) mass is 528 g/mol. The molecule has 2 rings (SSSR count). The molecule has 1 heterocycles. The summed E-state index contributed by atoms with van der Waals surface area (Å²) >= 11 is 0. The van der Waals surface area contributed by atoms with Crippen molar-refractivity contribution in [2.75, 3.05) is 18.0 Å². The standard InChI is InChI=1S/C31H49N2.BrH/c1-4-7-10-13-24-32-27-22-30(23-28-32)17-16-29-18-20-31(21-19-29)33(25-14-11-8-5-2)26-15-12-9-6-3;/h16-23,27-28H,4-15,24-26H2,1-3H3;1H/q+1;/p-1. The Hall–Kier alpha value is -1.61. The van der Waals surface area contributed by atoms with Gasteiger partial charge in [-0.25, -0.2) is 4.57 Å². The molecule has 0 spiro atoms.